The number of carbonyl (C=O) groups is 1. The molecule has 1 N–H and O–H groups in total. The number of hydrogen-bond acceptors (Lipinski definition) is 3. The summed E-state index contributed by atoms with van der Waals surface area (Å²) in [6, 6.07) is 5.69. The van der Waals surface area contributed by atoms with Gasteiger partial charge in [0, 0.05) is 18.4 Å². The van der Waals surface area contributed by atoms with Crippen LogP contribution in [0.25, 0.3) is 0 Å². The topological polar surface area (TPSA) is 46.5 Å². The van der Waals surface area contributed by atoms with E-state index in [0.29, 0.717) is 12.2 Å². The number of aliphatic hydroxyl groups is 1. The number of fused-ring (bicyclic) bond motifs is 1. The average molecular weight is 206 g/mol. The fraction of sp³-hybridized carbons (Fsp3) is 0.417. The fourth-order valence-corrected chi connectivity index (χ4v) is 1.91. The standard InChI is InChI=1S/C12H14O3/c1-12(14,6-7-13)10-4-2-3-9-5-8-15-11(9)10/h2-4,7,14H,5-6,8H2,1H3. The molecule has 3 heteroatoms. The lowest BCUT2D eigenvalue weighted by molar-refractivity contribution is -0.112. The van der Waals surface area contributed by atoms with E-state index in [0.717, 1.165) is 24.0 Å². The summed E-state index contributed by atoms with van der Waals surface area (Å²) in [6.07, 6.45) is 1.70. The molecule has 0 spiro atoms. The first kappa shape index (κ1) is 10.2. The van der Waals surface area contributed by atoms with Gasteiger partial charge in [0.05, 0.1) is 12.2 Å². The molecule has 0 aliphatic carbocycles. The molecule has 0 amide bonds. The van der Waals surface area contributed by atoms with Gasteiger partial charge in [0.1, 0.15) is 12.0 Å². The number of para-hydroxylation sites is 1. The molecule has 1 unspecified atom stereocenters. The first-order valence-corrected chi connectivity index (χ1v) is 5.06. The molecule has 0 radical (unpaired) electrons. The summed E-state index contributed by atoms with van der Waals surface area (Å²) < 4.78 is 5.49. The van der Waals surface area contributed by atoms with Crippen LogP contribution >= 0.6 is 0 Å². The molecule has 2 rings (SSSR count). The van der Waals surface area contributed by atoms with Crippen LogP contribution in [-0.4, -0.2) is 18.0 Å². The van der Waals surface area contributed by atoms with Crippen LogP contribution in [0, 0.1) is 0 Å². The first-order valence-electron chi connectivity index (χ1n) is 5.06. The lowest BCUT2D eigenvalue weighted by Crippen LogP contribution is -2.22. The Morgan fingerprint density at radius 2 is 2.40 bits per heavy atom. The van der Waals surface area contributed by atoms with Gasteiger partial charge in [-0.3, -0.25) is 0 Å². The first-order chi connectivity index (χ1) is 7.15. The Morgan fingerprint density at radius 3 is 3.13 bits per heavy atom. The average Bonchev–Trinajstić information content (AvgIpc) is 2.64. The van der Waals surface area contributed by atoms with Crippen LogP contribution in [0.15, 0.2) is 18.2 Å². The van der Waals surface area contributed by atoms with Gasteiger partial charge in [-0.25, -0.2) is 0 Å². The number of aldehydes is 1. The number of ether oxygens (including phenoxy) is 1. The zero-order chi connectivity index (χ0) is 10.9. The monoisotopic (exact) mass is 206 g/mol. The van der Waals surface area contributed by atoms with Crippen molar-refractivity contribution in [1.82, 2.24) is 0 Å². The minimum atomic E-state index is -1.13. The van der Waals surface area contributed by atoms with Crippen molar-refractivity contribution in [1.29, 1.82) is 0 Å². The predicted octanol–water partition coefficient (Wildman–Crippen LogP) is 1.42. The molecule has 1 aliphatic heterocycles. The smallest absolute Gasteiger partial charge is 0.128 e. The largest absolute Gasteiger partial charge is 0.493 e. The van der Waals surface area contributed by atoms with Crippen molar-refractivity contribution < 1.29 is 14.6 Å². The van der Waals surface area contributed by atoms with Crippen LogP contribution in [0.5, 0.6) is 5.75 Å². The van der Waals surface area contributed by atoms with Crippen LogP contribution < -0.4 is 4.74 Å². The Kier molecular flexibility index (Phi) is 2.49. The second kappa shape index (κ2) is 3.66. The molecule has 1 aromatic rings. The van der Waals surface area contributed by atoms with Gasteiger partial charge < -0.3 is 14.6 Å². The van der Waals surface area contributed by atoms with Crippen LogP contribution in [-0.2, 0) is 16.8 Å². The third-order valence-electron chi connectivity index (χ3n) is 2.78. The summed E-state index contributed by atoms with van der Waals surface area (Å²) >= 11 is 0. The van der Waals surface area contributed by atoms with E-state index >= 15 is 0 Å². The Balaban J connectivity index is 2.44. The SMILES string of the molecule is CC(O)(CC=O)c1cccc2c1OCC2. The molecule has 0 saturated carbocycles. The van der Waals surface area contributed by atoms with Gasteiger partial charge in [0.15, 0.2) is 0 Å². The van der Waals surface area contributed by atoms with Crippen molar-refractivity contribution in [3.63, 3.8) is 0 Å². The van der Waals surface area contributed by atoms with E-state index in [9.17, 15) is 9.90 Å². The Labute approximate surface area is 88.7 Å². The van der Waals surface area contributed by atoms with Gasteiger partial charge in [-0.05, 0) is 12.5 Å². The lowest BCUT2D eigenvalue weighted by atomic mass is 9.91. The highest BCUT2D eigenvalue weighted by Gasteiger charge is 2.29. The van der Waals surface area contributed by atoms with E-state index in [4.69, 9.17) is 4.74 Å². The molecule has 15 heavy (non-hydrogen) atoms. The van der Waals surface area contributed by atoms with Crippen molar-refractivity contribution >= 4 is 6.29 Å². The van der Waals surface area contributed by atoms with Crippen LogP contribution in [0.1, 0.15) is 24.5 Å². The maximum absolute atomic E-state index is 10.5. The Bertz CT molecular complexity index is 382. The summed E-state index contributed by atoms with van der Waals surface area (Å²) in [5, 5.41) is 10.1. The molecule has 1 heterocycles. The highest BCUT2D eigenvalue weighted by atomic mass is 16.5. The fourth-order valence-electron chi connectivity index (χ4n) is 1.91. The van der Waals surface area contributed by atoms with Crippen LogP contribution in [0.3, 0.4) is 0 Å². The molecule has 1 aliphatic rings. The molecule has 0 saturated heterocycles. The molecular weight excluding hydrogens is 192 g/mol. The van der Waals surface area contributed by atoms with Gasteiger partial charge in [-0.1, -0.05) is 18.2 Å². The van der Waals surface area contributed by atoms with E-state index in [1.165, 1.54) is 0 Å². The van der Waals surface area contributed by atoms with Crippen molar-refractivity contribution in [3.05, 3.63) is 29.3 Å². The summed E-state index contributed by atoms with van der Waals surface area (Å²) in [4.78, 5) is 10.5. The summed E-state index contributed by atoms with van der Waals surface area (Å²) in [7, 11) is 0. The van der Waals surface area contributed by atoms with E-state index in [2.05, 4.69) is 0 Å². The van der Waals surface area contributed by atoms with Crippen LogP contribution in [0.4, 0.5) is 0 Å². The van der Waals surface area contributed by atoms with Gasteiger partial charge >= 0.3 is 0 Å². The molecule has 0 aromatic heterocycles. The van der Waals surface area contributed by atoms with Crippen LogP contribution in [0.2, 0.25) is 0 Å². The third kappa shape index (κ3) is 1.75. The lowest BCUT2D eigenvalue weighted by Gasteiger charge is -2.23. The second-order valence-electron chi connectivity index (χ2n) is 4.04. The number of rotatable bonds is 3. The maximum atomic E-state index is 10.5. The summed E-state index contributed by atoms with van der Waals surface area (Å²) in [5.74, 6) is 0.754. The Morgan fingerprint density at radius 1 is 1.60 bits per heavy atom. The molecule has 1 atom stereocenters. The normalized spacial score (nSPS) is 17.7. The second-order valence-corrected chi connectivity index (χ2v) is 4.04. The highest BCUT2D eigenvalue weighted by molar-refractivity contribution is 5.55. The molecule has 3 nitrogen and oxygen atoms in total. The summed E-state index contributed by atoms with van der Waals surface area (Å²) in [5.41, 5.74) is 0.695. The van der Waals surface area contributed by atoms with Gasteiger partial charge in [0.2, 0.25) is 0 Å². The zero-order valence-corrected chi connectivity index (χ0v) is 8.69. The molecule has 0 bridgehead atoms. The third-order valence-corrected chi connectivity index (χ3v) is 2.78. The predicted molar refractivity (Wildman–Crippen MR) is 55.9 cm³/mol. The van der Waals surface area contributed by atoms with Gasteiger partial charge in [-0.2, -0.15) is 0 Å². The van der Waals surface area contributed by atoms with E-state index in [1.54, 1.807) is 6.92 Å². The molecule has 80 valence electrons. The van der Waals surface area contributed by atoms with Crippen molar-refractivity contribution in [3.8, 4) is 5.75 Å². The van der Waals surface area contributed by atoms with Crippen molar-refractivity contribution in [2.24, 2.45) is 0 Å². The highest BCUT2D eigenvalue weighted by Crippen LogP contribution is 2.37. The quantitative estimate of drug-likeness (QED) is 0.761. The molecular formula is C12H14O3. The van der Waals surface area contributed by atoms with E-state index in [1.807, 2.05) is 18.2 Å². The Hall–Kier alpha value is -1.35. The van der Waals surface area contributed by atoms with E-state index in [-0.39, 0.29) is 6.42 Å². The summed E-state index contributed by atoms with van der Waals surface area (Å²) in [6.45, 7) is 2.29. The van der Waals surface area contributed by atoms with Crippen molar-refractivity contribution in [2.75, 3.05) is 6.61 Å². The number of benzene rings is 1. The number of carbonyl (C=O) groups excluding carboxylic acids is 1. The molecule has 0 fully saturated rings. The minimum absolute atomic E-state index is 0.0901. The van der Waals surface area contributed by atoms with Gasteiger partial charge in [0.25, 0.3) is 0 Å². The maximum Gasteiger partial charge on any atom is 0.128 e. The van der Waals surface area contributed by atoms with Crippen molar-refractivity contribution in [2.45, 2.75) is 25.4 Å². The number of hydrogen-bond donors (Lipinski definition) is 1. The van der Waals surface area contributed by atoms with E-state index < -0.39 is 5.60 Å². The zero-order valence-electron chi connectivity index (χ0n) is 8.69. The minimum Gasteiger partial charge on any atom is -0.493 e. The molecule has 1 aromatic carbocycles. The van der Waals surface area contributed by atoms with Gasteiger partial charge in [-0.15, -0.1) is 0 Å².